The monoisotopic (exact) mass is 292 g/mol. The van der Waals surface area contributed by atoms with Gasteiger partial charge in [0.15, 0.2) is 5.69 Å². The lowest BCUT2D eigenvalue weighted by Gasteiger charge is -2.31. The minimum absolute atomic E-state index is 0.188. The molecule has 3 heterocycles. The zero-order chi connectivity index (χ0) is 14.8. The number of aromatic amines is 1. The predicted molar refractivity (Wildman–Crippen MR) is 71.3 cm³/mol. The summed E-state index contributed by atoms with van der Waals surface area (Å²) in [5, 5.41) is 11.6. The van der Waals surface area contributed by atoms with Crippen molar-refractivity contribution >= 4 is 5.91 Å². The molecule has 0 saturated carbocycles. The third-order valence-electron chi connectivity index (χ3n) is 3.69. The summed E-state index contributed by atoms with van der Waals surface area (Å²) in [6.45, 7) is 3.33. The molecule has 1 saturated heterocycles. The highest BCUT2D eigenvalue weighted by molar-refractivity contribution is 5.75. The fourth-order valence-electron chi connectivity index (χ4n) is 2.51. The normalized spacial score (nSPS) is 16.3. The highest BCUT2D eigenvalue weighted by Crippen LogP contribution is 2.23. The molecule has 0 aliphatic carbocycles. The van der Waals surface area contributed by atoms with E-state index < -0.39 is 5.76 Å². The fourth-order valence-corrected chi connectivity index (χ4v) is 2.51. The number of hydrogen-bond donors (Lipinski definition) is 1. The highest BCUT2D eigenvalue weighted by atomic mass is 16.5. The Morgan fingerprint density at radius 2 is 2.24 bits per heavy atom. The summed E-state index contributed by atoms with van der Waals surface area (Å²) in [4.78, 5) is 26.9. The molecule has 3 rings (SSSR count). The zero-order valence-corrected chi connectivity index (χ0v) is 11.7. The van der Waals surface area contributed by atoms with E-state index in [1.54, 1.807) is 10.9 Å². The number of carbonyl (C=O) groups is 1. The van der Waals surface area contributed by atoms with E-state index >= 15 is 0 Å². The number of amides is 1. The van der Waals surface area contributed by atoms with Crippen LogP contribution >= 0.6 is 0 Å². The molecule has 0 bridgehead atoms. The minimum Gasteiger partial charge on any atom is -0.343 e. The molecule has 1 amide bonds. The number of rotatable bonds is 3. The molecule has 1 aliphatic rings. The maximum Gasteiger partial charge on any atom is 0.439 e. The summed E-state index contributed by atoms with van der Waals surface area (Å²) in [6.07, 6.45) is 3.95. The van der Waals surface area contributed by atoms with Crippen LogP contribution in [0.3, 0.4) is 0 Å². The second-order valence-corrected chi connectivity index (χ2v) is 4.99. The van der Waals surface area contributed by atoms with Crippen LogP contribution in [-0.4, -0.2) is 49.0 Å². The number of piperidine rings is 1. The van der Waals surface area contributed by atoms with Gasteiger partial charge in [0.05, 0.1) is 12.2 Å². The van der Waals surface area contributed by atoms with Gasteiger partial charge in [0.25, 0.3) is 0 Å². The largest absolute Gasteiger partial charge is 0.439 e. The van der Waals surface area contributed by atoms with E-state index in [-0.39, 0.29) is 17.8 Å². The van der Waals surface area contributed by atoms with Gasteiger partial charge in [0, 0.05) is 19.5 Å². The molecule has 2 aromatic rings. The van der Waals surface area contributed by atoms with Gasteiger partial charge in [-0.05, 0) is 12.8 Å². The Morgan fingerprint density at radius 3 is 2.86 bits per heavy atom. The molecule has 1 fully saturated rings. The molecule has 0 spiro atoms. The maximum atomic E-state index is 11.6. The number of H-pyrrole nitrogens is 1. The van der Waals surface area contributed by atoms with Crippen LogP contribution in [0.4, 0.5) is 0 Å². The maximum absolute atomic E-state index is 11.6. The van der Waals surface area contributed by atoms with E-state index in [0.29, 0.717) is 12.1 Å². The van der Waals surface area contributed by atoms with Crippen LogP contribution in [0.5, 0.6) is 0 Å². The van der Waals surface area contributed by atoms with Crippen LogP contribution in [0, 0.1) is 0 Å². The van der Waals surface area contributed by atoms with E-state index in [0.717, 1.165) is 25.9 Å². The average Bonchev–Trinajstić information content (AvgIpc) is 3.15. The smallest absolute Gasteiger partial charge is 0.343 e. The number of carbonyl (C=O) groups excluding carboxylic acids is 1. The van der Waals surface area contributed by atoms with Gasteiger partial charge in [-0.2, -0.15) is 0 Å². The highest BCUT2D eigenvalue weighted by Gasteiger charge is 2.24. The van der Waals surface area contributed by atoms with E-state index in [4.69, 9.17) is 0 Å². The van der Waals surface area contributed by atoms with E-state index in [1.165, 1.54) is 0 Å². The van der Waals surface area contributed by atoms with Crippen molar-refractivity contribution in [3.8, 4) is 11.5 Å². The Kier molecular flexibility index (Phi) is 3.55. The molecule has 9 heteroatoms. The fraction of sp³-hybridized carbons (Fsp3) is 0.583. The van der Waals surface area contributed by atoms with Gasteiger partial charge in [0.2, 0.25) is 11.7 Å². The topological polar surface area (TPSA) is 110 Å². The van der Waals surface area contributed by atoms with Crippen molar-refractivity contribution in [2.75, 3.05) is 13.1 Å². The third-order valence-corrected chi connectivity index (χ3v) is 3.69. The van der Waals surface area contributed by atoms with Gasteiger partial charge in [-0.3, -0.25) is 14.3 Å². The first kappa shape index (κ1) is 13.5. The second-order valence-electron chi connectivity index (χ2n) is 4.99. The summed E-state index contributed by atoms with van der Waals surface area (Å²) in [6, 6.07) is 0.200. The Morgan fingerprint density at radius 1 is 1.48 bits per heavy atom. The Hall–Kier alpha value is -2.45. The van der Waals surface area contributed by atoms with Crippen LogP contribution in [0.2, 0.25) is 0 Å². The van der Waals surface area contributed by atoms with Crippen molar-refractivity contribution in [1.82, 2.24) is 30.0 Å². The van der Waals surface area contributed by atoms with E-state index in [2.05, 4.69) is 25.0 Å². The van der Waals surface area contributed by atoms with Crippen LogP contribution in [0.25, 0.3) is 11.5 Å². The molecule has 9 nitrogen and oxygen atoms in total. The van der Waals surface area contributed by atoms with Crippen molar-refractivity contribution in [3.63, 3.8) is 0 Å². The molecule has 1 N–H and O–H groups in total. The molecule has 1 aliphatic heterocycles. The first-order valence-electron chi connectivity index (χ1n) is 6.93. The standard InChI is InChI=1S/C12H16N6O3/c1-2-10(19)17-5-3-8(4-6-17)18-7-9(14-16-18)11-13-12(20)21-15-11/h7-8H,2-6H2,1H3,(H,13,15,20). The molecule has 0 radical (unpaired) electrons. The van der Waals surface area contributed by atoms with Crippen LogP contribution in [0.15, 0.2) is 15.5 Å². The first-order valence-corrected chi connectivity index (χ1v) is 6.93. The lowest BCUT2D eigenvalue weighted by molar-refractivity contribution is -0.132. The van der Waals surface area contributed by atoms with Crippen molar-refractivity contribution in [2.24, 2.45) is 0 Å². The SMILES string of the molecule is CCC(=O)N1CCC(n2cc(-c3noc(=O)[nH]3)nn2)CC1. The Balaban J connectivity index is 1.68. The lowest BCUT2D eigenvalue weighted by atomic mass is 10.1. The van der Waals surface area contributed by atoms with Crippen molar-refractivity contribution in [3.05, 3.63) is 16.7 Å². The van der Waals surface area contributed by atoms with E-state index in [1.807, 2.05) is 11.8 Å². The zero-order valence-electron chi connectivity index (χ0n) is 11.7. The third kappa shape index (κ3) is 2.71. The number of hydrogen-bond acceptors (Lipinski definition) is 6. The Bertz CT molecular complexity index is 679. The van der Waals surface area contributed by atoms with Crippen molar-refractivity contribution < 1.29 is 9.32 Å². The molecular formula is C12H16N6O3. The molecule has 0 unspecified atom stereocenters. The lowest BCUT2D eigenvalue weighted by Crippen LogP contribution is -2.38. The quantitative estimate of drug-likeness (QED) is 0.865. The minimum atomic E-state index is -0.620. The van der Waals surface area contributed by atoms with Gasteiger partial charge in [-0.15, -0.1) is 5.10 Å². The van der Waals surface area contributed by atoms with Crippen LogP contribution < -0.4 is 5.76 Å². The number of aromatic nitrogens is 5. The van der Waals surface area contributed by atoms with E-state index in [9.17, 15) is 9.59 Å². The molecule has 0 atom stereocenters. The second kappa shape index (κ2) is 5.51. The summed E-state index contributed by atoms with van der Waals surface area (Å²) in [5.74, 6) is -0.163. The van der Waals surface area contributed by atoms with Gasteiger partial charge in [0.1, 0.15) is 0 Å². The summed E-state index contributed by atoms with van der Waals surface area (Å²) in [5.41, 5.74) is 0.466. The molecule has 0 aromatic carbocycles. The summed E-state index contributed by atoms with van der Waals surface area (Å²) >= 11 is 0. The first-order chi connectivity index (χ1) is 10.2. The van der Waals surface area contributed by atoms with Crippen LogP contribution in [-0.2, 0) is 4.79 Å². The van der Waals surface area contributed by atoms with Gasteiger partial charge < -0.3 is 4.90 Å². The number of nitrogens with zero attached hydrogens (tertiary/aromatic N) is 5. The average molecular weight is 292 g/mol. The summed E-state index contributed by atoms with van der Waals surface area (Å²) in [7, 11) is 0. The van der Waals surface area contributed by atoms with Crippen molar-refractivity contribution in [1.29, 1.82) is 0 Å². The van der Waals surface area contributed by atoms with Gasteiger partial charge in [-0.25, -0.2) is 9.48 Å². The molecule has 112 valence electrons. The van der Waals surface area contributed by atoms with Crippen LogP contribution in [0.1, 0.15) is 32.2 Å². The number of likely N-dealkylation sites (tertiary alicyclic amines) is 1. The van der Waals surface area contributed by atoms with Gasteiger partial charge in [-0.1, -0.05) is 17.3 Å². The Labute approximate surface area is 119 Å². The van der Waals surface area contributed by atoms with Crippen molar-refractivity contribution in [2.45, 2.75) is 32.2 Å². The molecule has 21 heavy (non-hydrogen) atoms. The predicted octanol–water partition coefficient (Wildman–Crippen LogP) is 0.195. The molecular weight excluding hydrogens is 276 g/mol. The molecule has 2 aromatic heterocycles. The van der Waals surface area contributed by atoms with Gasteiger partial charge >= 0.3 is 5.76 Å². The number of nitrogens with one attached hydrogen (secondary N) is 1. The summed E-state index contributed by atoms with van der Waals surface area (Å²) < 4.78 is 6.20.